The zero-order valence-corrected chi connectivity index (χ0v) is 13.2. The van der Waals surface area contributed by atoms with Gasteiger partial charge in [-0.1, -0.05) is 12.1 Å². The minimum Gasteiger partial charge on any atom is -0.342 e. The highest BCUT2D eigenvalue weighted by Crippen LogP contribution is 2.48. The molecule has 1 aromatic rings. The summed E-state index contributed by atoms with van der Waals surface area (Å²) in [5, 5.41) is 0. The summed E-state index contributed by atoms with van der Waals surface area (Å²) in [5.41, 5.74) is 0.957. The van der Waals surface area contributed by atoms with Gasteiger partial charge in [-0.05, 0) is 37.0 Å². The van der Waals surface area contributed by atoms with Crippen molar-refractivity contribution in [2.45, 2.75) is 25.3 Å². The van der Waals surface area contributed by atoms with Crippen LogP contribution in [0.5, 0.6) is 0 Å². The van der Waals surface area contributed by atoms with Crippen molar-refractivity contribution in [3.63, 3.8) is 0 Å². The third-order valence-electron chi connectivity index (χ3n) is 3.96. The van der Waals surface area contributed by atoms with Crippen LogP contribution >= 0.6 is 0 Å². The third-order valence-corrected chi connectivity index (χ3v) is 5.05. The lowest BCUT2D eigenvalue weighted by molar-refractivity contribution is -0.132. The lowest BCUT2D eigenvalue weighted by Crippen LogP contribution is -2.40. The molecule has 0 aromatic heterocycles. The maximum Gasteiger partial charge on any atom is 0.226 e. The van der Waals surface area contributed by atoms with E-state index in [1.807, 2.05) is 0 Å². The van der Waals surface area contributed by atoms with Crippen LogP contribution in [0.4, 0.5) is 4.39 Å². The molecule has 0 N–H and O–H groups in total. The van der Waals surface area contributed by atoms with Crippen molar-refractivity contribution >= 4 is 15.7 Å². The Bertz CT molecular complexity index is 627. The van der Waals surface area contributed by atoms with Crippen molar-refractivity contribution in [2.75, 3.05) is 19.1 Å². The van der Waals surface area contributed by atoms with Crippen LogP contribution in [0.15, 0.2) is 24.3 Å². The number of carbonyl (C=O) groups is 1. The van der Waals surface area contributed by atoms with Crippen molar-refractivity contribution in [2.24, 2.45) is 5.92 Å². The Kier molecular flexibility index (Phi) is 4.37. The molecule has 0 heterocycles. The van der Waals surface area contributed by atoms with Gasteiger partial charge in [-0.15, -0.1) is 0 Å². The van der Waals surface area contributed by atoms with E-state index in [1.165, 1.54) is 23.3 Å². The van der Waals surface area contributed by atoms with E-state index < -0.39 is 9.84 Å². The van der Waals surface area contributed by atoms with Gasteiger partial charge in [-0.3, -0.25) is 4.79 Å². The largest absolute Gasteiger partial charge is 0.342 e. The fraction of sp³-hybridized carbons (Fsp3) is 0.533. The number of amides is 1. The Hall–Kier alpha value is -1.43. The van der Waals surface area contributed by atoms with Crippen LogP contribution in [0.3, 0.4) is 0 Å². The number of sulfone groups is 1. The maximum atomic E-state index is 12.9. The quantitative estimate of drug-likeness (QED) is 0.833. The molecule has 0 radical (unpaired) electrons. The summed E-state index contributed by atoms with van der Waals surface area (Å²) in [7, 11) is -1.48. The van der Waals surface area contributed by atoms with Crippen LogP contribution in [-0.4, -0.2) is 44.3 Å². The van der Waals surface area contributed by atoms with Crippen molar-refractivity contribution in [1.29, 1.82) is 0 Å². The average molecular weight is 313 g/mol. The van der Waals surface area contributed by atoms with Crippen molar-refractivity contribution in [3.05, 3.63) is 35.6 Å². The predicted molar refractivity (Wildman–Crippen MR) is 79.2 cm³/mol. The molecule has 2 rings (SSSR count). The van der Waals surface area contributed by atoms with E-state index in [4.69, 9.17) is 0 Å². The molecule has 1 aromatic carbocycles. The second-order valence-electron chi connectivity index (χ2n) is 5.89. The number of rotatable bonds is 5. The van der Waals surface area contributed by atoms with Gasteiger partial charge in [-0.25, -0.2) is 12.8 Å². The summed E-state index contributed by atoms with van der Waals surface area (Å²) >= 11 is 0. The van der Waals surface area contributed by atoms with Crippen LogP contribution < -0.4 is 0 Å². The lowest BCUT2D eigenvalue weighted by Gasteiger charge is -2.24. The fourth-order valence-corrected chi connectivity index (χ4v) is 3.67. The van der Waals surface area contributed by atoms with Crippen molar-refractivity contribution < 1.29 is 17.6 Å². The highest BCUT2D eigenvalue weighted by Gasteiger charge is 2.45. The smallest absolute Gasteiger partial charge is 0.226 e. The van der Waals surface area contributed by atoms with E-state index in [1.54, 1.807) is 26.1 Å². The average Bonchev–Trinajstić information content (AvgIpc) is 3.16. The van der Waals surface area contributed by atoms with Crippen LogP contribution in [0.25, 0.3) is 0 Å². The SMILES string of the molecule is CC(CS(C)(=O)=O)N(C)C(=O)C1CC1c1ccc(F)cc1. The summed E-state index contributed by atoms with van der Waals surface area (Å²) in [4.78, 5) is 13.8. The normalized spacial score (nSPS) is 22.7. The number of nitrogens with zero attached hydrogens (tertiary/aromatic N) is 1. The summed E-state index contributed by atoms with van der Waals surface area (Å²) in [6, 6.07) is 5.85. The fourth-order valence-electron chi connectivity index (χ4n) is 2.58. The van der Waals surface area contributed by atoms with Gasteiger partial charge in [0.15, 0.2) is 0 Å². The monoisotopic (exact) mass is 313 g/mol. The number of hydrogen-bond acceptors (Lipinski definition) is 3. The van der Waals surface area contributed by atoms with E-state index in [0.717, 1.165) is 12.0 Å². The zero-order chi connectivity index (χ0) is 15.8. The molecule has 116 valence electrons. The first-order valence-electron chi connectivity index (χ1n) is 6.89. The molecule has 1 amide bonds. The molecule has 0 spiro atoms. The van der Waals surface area contributed by atoms with Gasteiger partial charge >= 0.3 is 0 Å². The number of hydrogen-bond donors (Lipinski definition) is 0. The van der Waals surface area contributed by atoms with Crippen LogP contribution in [0.2, 0.25) is 0 Å². The van der Waals surface area contributed by atoms with Gasteiger partial charge < -0.3 is 4.90 Å². The summed E-state index contributed by atoms with van der Waals surface area (Å²) < 4.78 is 35.5. The van der Waals surface area contributed by atoms with Crippen LogP contribution in [0.1, 0.15) is 24.8 Å². The molecule has 4 nitrogen and oxygen atoms in total. The van der Waals surface area contributed by atoms with E-state index >= 15 is 0 Å². The molecular weight excluding hydrogens is 293 g/mol. The summed E-state index contributed by atoms with van der Waals surface area (Å²) in [5.74, 6) is -0.376. The predicted octanol–water partition coefficient (Wildman–Crippen LogP) is 1.82. The molecule has 0 aliphatic heterocycles. The molecule has 3 unspecified atom stereocenters. The van der Waals surface area contributed by atoms with Crippen LogP contribution in [0, 0.1) is 11.7 Å². The van der Waals surface area contributed by atoms with E-state index in [9.17, 15) is 17.6 Å². The minimum atomic E-state index is -3.11. The van der Waals surface area contributed by atoms with Gasteiger partial charge in [0.25, 0.3) is 0 Å². The van der Waals surface area contributed by atoms with Crippen molar-refractivity contribution in [3.8, 4) is 0 Å². The highest BCUT2D eigenvalue weighted by atomic mass is 32.2. The molecule has 1 aliphatic rings. The molecule has 1 saturated carbocycles. The molecule has 3 atom stereocenters. The molecule has 1 aliphatic carbocycles. The zero-order valence-electron chi connectivity index (χ0n) is 12.4. The van der Waals surface area contributed by atoms with Gasteiger partial charge in [0.1, 0.15) is 15.7 Å². The second-order valence-corrected chi connectivity index (χ2v) is 8.08. The molecule has 21 heavy (non-hydrogen) atoms. The van der Waals surface area contributed by atoms with Crippen molar-refractivity contribution in [1.82, 2.24) is 4.90 Å². The molecule has 0 saturated heterocycles. The third kappa shape index (κ3) is 4.03. The Morgan fingerprint density at radius 1 is 1.38 bits per heavy atom. The second kappa shape index (κ2) is 5.75. The Labute approximate surface area is 124 Å². The highest BCUT2D eigenvalue weighted by molar-refractivity contribution is 7.90. The topological polar surface area (TPSA) is 54.5 Å². The summed E-state index contributed by atoms with van der Waals surface area (Å²) in [6.07, 6.45) is 1.90. The Morgan fingerprint density at radius 3 is 2.48 bits per heavy atom. The standard InChI is InChI=1S/C15H20FNO3S/c1-10(9-21(3,19)20)17(2)15(18)14-8-13(14)11-4-6-12(16)7-5-11/h4-7,10,13-14H,8-9H2,1-3H3. The molecule has 1 fully saturated rings. The van der Waals surface area contributed by atoms with Gasteiger partial charge in [-0.2, -0.15) is 0 Å². The Morgan fingerprint density at radius 2 is 1.95 bits per heavy atom. The van der Waals surface area contributed by atoms with E-state index in [2.05, 4.69) is 0 Å². The lowest BCUT2D eigenvalue weighted by atomic mass is 10.1. The number of halogens is 1. The van der Waals surface area contributed by atoms with E-state index in [0.29, 0.717) is 0 Å². The first-order chi connectivity index (χ1) is 9.69. The first kappa shape index (κ1) is 15.9. The summed E-state index contributed by atoms with van der Waals surface area (Å²) in [6.45, 7) is 1.73. The Balaban J connectivity index is 1.97. The molecular formula is C15H20FNO3S. The molecule has 0 bridgehead atoms. The minimum absolute atomic E-state index is 0.0385. The van der Waals surface area contributed by atoms with Gasteiger partial charge in [0.2, 0.25) is 5.91 Å². The number of carbonyl (C=O) groups excluding carboxylic acids is 1. The molecule has 6 heteroatoms. The van der Waals surface area contributed by atoms with Gasteiger partial charge in [0, 0.05) is 25.3 Å². The maximum absolute atomic E-state index is 12.9. The first-order valence-corrected chi connectivity index (χ1v) is 8.95. The van der Waals surface area contributed by atoms with E-state index in [-0.39, 0.29) is 35.4 Å². The van der Waals surface area contributed by atoms with Gasteiger partial charge in [0.05, 0.1) is 5.75 Å². The number of benzene rings is 1. The van der Waals surface area contributed by atoms with Crippen LogP contribution in [-0.2, 0) is 14.6 Å².